The van der Waals surface area contributed by atoms with Crippen molar-refractivity contribution in [2.45, 2.75) is 77.3 Å². The summed E-state index contributed by atoms with van der Waals surface area (Å²) in [4.78, 5) is 23.9. The standard InChI is InChI=1S/C23H31BrN6O3/c1-15-6-16(2)28(26-15)5-3-4-25-20(31)12-22-8-17-7-18(9-22)11-23(10-17,14-22)29-13-19(24)21(27-29)30(32)33/h6,13,17-18H,3-5,7-12,14H2,1-2H3,(H,25,31). The number of halogens is 1. The highest BCUT2D eigenvalue weighted by molar-refractivity contribution is 9.10. The van der Waals surface area contributed by atoms with E-state index in [1.54, 1.807) is 6.20 Å². The van der Waals surface area contributed by atoms with Crippen LogP contribution in [0.2, 0.25) is 0 Å². The average molecular weight is 519 g/mol. The van der Waals surface area contributed by atoms with Crippen LogP contribution in [0, 0.1) is 41.2 Å². The van der Waals surface area contributed by atoms with Crippen molar-refractivity contribution in [1.29, 1.82) is 0 Å². The fraction of sp³-hybridized carbons (Fsp3) is 0.696. The first-order valence-electron chi connectivity index (χ1n) is 11.8. The van der Waals surface area contributed by atoms with Crippen molar-refractivity contribution in [2.75, 3.05) is 6.54 Å². The first-order chi connectivity index (χ1) is 15.7. The van der Waals surface area contributed by atoms with Gasteiger partial charge >= 0.3 is 5.82 Å². The molecule has 4 aliphatic carbocycles. The molecule has 2 aromatic heterocycles. The molecule has 0 aromatic carbocycles. The summed E-state index contributed by atoms with van der Waals surface area (Å²) >= 11 is 3.31. The summed E-state index contributed by atoms with van der Waals surface area (Å²) in [6.45, 7) is 5.48. The Morgan fingerprint density at radius 1 is 1.27 bits per heavy atom. The summed E-state index contributed by atoms with van der Waals surface area (Å²) in [6, 6.07) is 2.06. The molecule has 33 heavy (non-hydrogen) atoms. The van der Waals surface area contributed by atoms with Gasteiger partial charge in [0.05, 0.1) is 22.5 Å². The predicted octanol–water partition coefficient (Wildman–Crippen LogP) is 4.26. The number of amides is 1. The van der Waals surface area contributed by atoms with E-state index < -0.39 is 4.92 Å². The maximum absolute atomic E-state index is 12.9. The van der Waals surface area contributed by atoms with E-state index in [9.17, 15) is 14.9 Å². The van der Waals surface area contributed by atoms with E-state index in [0.29, 0.717) is 29.3 Å². The lowest BCUT2D eigenvalue weighted by atomic mass is 9.46. The van der Waals surface area contributed by atoms with Crippen LogP contribution in [0.25, 0.3) is 0 Å². The second-order valence-electron chi connectivity index (χ2n) is 10.7. The van der Waals surface area contributed by atoms with Crippen molar-refractivity contribution in [1.82, 2.24) is 24.9 Å². The van der Waals surface area contributed by atoms with Gasteiger partial charge in [-0.1, -0.05) is 0 Å². The molecule has 6 rings (SSSR count). The Morgan fingerprint density at radius 3 is 2.61 bits per heavy atom. The topological polar surface area (TPSA) is 108 Å². The lowest BCUT2D eigenvalue weighted by molar-refractivity contribution is -0.390. The van der Waals surface area contributed by atoms with Crippen LogP contribution in [-0.2, 0) is 16.9 Å². The summed E-state index contributed by atoms with van der Waals surface area (Å²) < 4.78 is 4.28. The number of aromatic nitrogens is 4. The number of hydrogen-bond acceptors (Lipinski definition) is 5. The number of hydrogen-bond donors (Lipinski definition) is 1. The second kappa shape index (κ2) is 8.21. The van der Waals surface area contributed by atoms with E-state index in [-0.39, 0.29) is 22.7 Å². The van der Waals surface area contributed by atoms with Crippen molar-refractivity contribution in [3.63, 3.8) is 0 Å². The maximum atomic E-state index is 12.9. The lowest BCUT2D eigenvalue weighted by Gasteiger charge is -2.61. The zero-order chi connectivity index (χ0) is 23.4. The number of nitrogens with one attached hydrogen (secondary N) is 1. The normalized spacial score (nSPS) is 30.0. The number of aryl methyl sites for hydroxylation is 3. The fourth-order valence-electron chi connectivity index (χ4n) is 7.35. The Balaban J connectivity index is 1.24. The second-order valence-corrected chi connectivity index (χ2v) is 11.6. The summed E-state index contributed by atoms with van der Waals surface area (Å²) in [7, 11) is 0. The van der Waals surface area contributed by atoms with Gasteiger partial charge in [-0.05, 0) is 103 Å². The zero-order valence-electron chi connectivity index (χ0n) is 19.2. The molecule has 2 unspecified atom stereocenters. The highest BCUT2D eigenvalue weighted by atomic mass is 79.9. The fourth-order valence-corrected chi connectivity index (χ4v) is 7.77. The molecular formula is C23H31BrN6O3. The van der Waals surface area contributed by atoms with E-state index in [1.807, 2.05) is 23.2 Å². The molecule has 2 heterocycles. The molecule has 4 aliphatic rings. The molecule has 1 amide bonds. The van der Waals surface area contributed by atoms with Crippen LogP contribution in [0.3, 0.4) is 0 Å². The van der Waals surface area contributed by atoms with Crippen LogP contribution in [0.4, 0.5) is 5.82 Å². The number of rotatable bonds is 8. The Bertz CT molecular complexity index is 1080. The number of carbonyl (C=O) groups is 1. The molecule has 0 saturated heterocycles. The van der Waals surface area contributed by atoms with Gasteiger partial charge in [-0.25, -0.2) is 0 Å². The third-order valence-electron chi connectivity index (χ3n) is 7.97. The third kappa shape index (κ3) is 4.22. The SMILES string of the molecule is Cc1cc(C)n(CCCNC(=O)CC23CC4CC(C2)CC(n2cc(Br)c([N+](=O)[O-])n2)(C4)C3)n1. The first kappa shape index (κ1) is 22.6. The van der Waals surface area contributed by atoms with Crippen LogP contribution in [-0.4, -0.2) is 36.9 Å². The first-order valence-corrected chi connectivity index (χ1v) is 12.6. The van der Waals surface area contributed by atoms with Crippen LogP contribution >= 0.6 is 15.9 Å². The van der Waals surface area contributed by atoms with Gasteiger partial charge in [-0.15, -0.1) is 0 Å². The molecule has 2 atom stereocenters. The molecule has 4 bridgehead atoms. The molecular weight excluding hydrogens is 488 g/mol. The van der Waals surface area contributed by atoms with Crippen LogP contribution < -0.4 is 5.32 Å². The Morgan fingerprint density at radius 2 is 2.00 bits per heavy atom. The Labute approximate surface area is 201 Å². The Hall–Kier alpha value is -2.23. The molecule has 2 aromatic rings. The third-order valence-corrected chi connectivity index (χ3v) is 8.53. The van der Waals surface area contributed by atoms with Gasteiger partial charge in [-0.3, -0.25) is 9.48 Å². The molecule has 1 N–H and O–H groups in total. The van der Waals surface area contributed by atoms with Crippen molar-refractivity contribution in [3.8, 4) is 0 Å². The van der Waals surface area contributed by atoms with Gasteiger partial charge in [0.1, 0.15) is 4.47 Å². The van der Waals surface area contributed by atoms with Crippen LogP contribution in [0.15, 0.2) is 16.7 Å². The van der Waals surface area contributed by atoms with Gasteiger partial charge < -0.3 is 15.4 Å². The minimum absolute atomic E-state index is 0.0307. The van der Waals surface area contributed by atoms with Crippen molar-refractivity contribution >= 4 is 27.7 Å². The van der Waals surface area contributed by atoms with Crippen molar-refractivity contribution in [2.24, 2.45) is 17.3 Å². The molecule has 0 radical (unpaired) electrons. The molecule has 0 aliphatic heterocycles. The molecule has 0 spiro atoms. The monoisotopic (exact) mass is 518 g/mol. The van der Waals surface area contributed by atoms with Crippen molar-refractivity contribution in [3.05, 3.63) is 38.2 Å². The van der Waals surface area contributed by atoms with E-state index >= 15 is 0 Å². The molecule has 4 fully saturated rings. The molecule has 4 saturated carbocycles. The summed E-state index contributed by atoms with van der Waals surface area (Å²) in [5.74, 6) is 1.12. The Kier molecular flexibility index (Phi) is 5.61. The summed E-state index contributed by atoms with van der Waals surface area (Å²) in [6.07, 6.45) is 9.40. The van der Waals surface area contributed by atoms with E-state index in [0.717, 1.165) is 56.5 Å². The number of carbonyl (C=O) groups excluding carboxylic acids is 1. The zero-order valence-corrected chi connectivity index (χ0v) is 20.8. The van der Waals surface area contributed by atoms with Gasteiger partial charge in [0, 0.05) is 25.2 Å². The smallest absolute Gasteiger partial charge is 0.358 e. The highest BCUT2D eigenvalue weighted by Gasteiger charge is 2.60. The van der Waals surface area contributed by atoms with Crippen LogP contribution in [0.1, 0.15) is 62.8 Å². The molecule has 9 nitrogen and oxygen atoms in total. The van der Waals surface area contributed by atoms with Crippen molar-refractivity contribution < 1.29 is 9.72 Å². The quantitative estimate of drug-likeness (QED) is 0.319. The van der Waals surface area contributed by atoms with Crippen LogP contribution in [0.5, 0.6) is 0 Å². The van der Waals surface area contributed by atoms with Gasteiger partial charge in [0.2, 0.25) is 5.91 Å². The molecule has 178 valence electrons. The van der Waals surface area contributed by atoms with E-state index in [2.05, 4.69) is 37.5 Å². The number of nitrogens with zero attached hydrogens (tertiary/aromatic N) is 5. The largest absolute Gasteiger partial charge is 0.404 e. The summed E-state index contributed by atoms with van der Waals surface area (Å²) in [5.41, 5.74) is 1.92. The average Bonchev–Trinajstić information content (AvgIpc) is 3.26. The highest BCUT2D eigenvalue weighted by Crippen LogP contribution is 2.65. The minimum atomic E-state index is -0.434. The van der Waals surface area contributed by atoms with E-state index in [1.165, 1.54) is 6.42 Å². The summed E-state index contributed by atoms with van der Waals surface area (Å²) in [5, 5.41) is 23.3. The number of nitro groups is 1. The van der Waals surface area contributed by atoms with E-state index in [4.69, 9.17) is 0 Å². The predicted molar refractivity (Wildman–Crippen MR) is 126 cm³/mol. The minimum Gasteiger partial charge on any atom is -0.358 e. The lowest BCUT2D eigenvalue weighted by Crippen LogP contribution is -2.57. The maximum Gasteiger partial charge on any atom is 0.404 e. The van der Waals surface area contributed by atoms with Gasteiger partial charge in [0.15, 0.2) is 0 Å². The van der Waals surface area contributed by atoms with Gasteiger partial charge in [-0.2, -0.15) is 9.78 Å². The molecule has 10 heteroatoms. The van der Waals surface area contributed by atoms with Gasteiger partial charge in [0.25, 0.3) is 0 Å².